The number of anilines is 1. The second-order valence-electron chi connectivity index (χ2n) is 5.02. The van der Waals surface area contributed by atoms with Crippen molar-refractivity contribution in [2.45, 2.75) is 25.3 Å². The summed E-state index contributed by atoms with van der Waals surface area (Å²) in [6.45, 7) is 0.773. The van der Waals surface area contributed by atoms with Gasteiger partial charge in [-0.05, 0) is 42.9 Å². The Morgan fingerprint density at radius 1 is 1.50 bits per heavy atom. The van der Waals surface area contributed by atoms with Crippen molar-refractivity contribution in [3.8, 4) is 0 Å². The second-order valence-corrected chi connectivity index (χ2v) is 5.02. The van der Waals surface area contributed by atoms with Gasteiger partial charge in [0, 0.05) is 12.2 Å². The van der Waals surface area contributed by atoms with Crippen LogP contribution in [0.2, 0.25) is 0 Å². The normalized spacial score (nSPS) is 19.6. The Labute approximate surface area is 106 Å². The monoisotopic (exact) mass is 249 g/mol. The molecule has 1 aromatic carbocycles. The van der Waals surface area contributed by atoms with Crippen LogP contribution < -0.4 is 4.90 Å². The predicted octanol–water partition coefficient (Wildman–Crippen LogP) is 2.14. The molecule has 1 saturated carbocycles. The molecule has 0 N–H and O–H groups in total. The molecule has 0 radical (unpaired) electrons. The van der Waals surface area contributed by atoms with Crippen LogP contribution in [-0.2, 0) is 16.0 Å². The molecule has 0 aromatic heterocycles. The van der Waals surface area contributed by atoms with E-state index in [0.717, 1.165) is 37.1 Å². The van der Waals surface area contributed by atoms with Crippen molar-refractivity contribution >= 4 is 11.7 Å². The highest BCUT2D eigenvalue weighted by molar-refractivity contribution is 5.82. The number of benzene rings is 1. The van der Waals surface area contributed by atoms with E-state index in [1.807, 2.05) is 11.0 Å². The smallest absolute Gasteiger partial charge is 0.328 e. The zero-order valence-electron chi connectivity index (χ0n) is 10.4. The number of esters is 1. The van der Waals surface area contributed by atoms with Gasteiger partial charge in [-0.15, -0.1) is 0 Å². The molecule has 3 rings (SSSR count). The molecule has 96 valence electrons. The number of hydrogen-bond donors (Lipinski definition) is 0. The maximum absolute atomic E-state index is 13.4. The molecule has 1 aliphatic carbocycles. The fourth-order valence-corrected chi connectivity index (χ4v) is 2.77. The molecule has 1 heterocycles. The van der Waals surface area contributed by atoms with Crippen LogP contribution in [0.5, 0.6) is 0 Å². The van der Waals surface area contributed by atoms with E-state index in [4.69, 9.17) is 4.74 Å². The summed E-state index contributed by atoms with van der Waals surface area (Å²) in [6.07, 6.45) is 2.98. The molecular formula is C14H16FNO2. The molecule has 1 fully saturated rings. The van der Waals surface area contributed by atoms with Crippen LogP contribution in [0.4, 0.5) is 10.1 Å². The molecule has 0 bridgehead atoms. The molecule has 0 spiro atoms. The van der Waals surface area contributed by atoms with E-state index in [1.54, 1.807) is 0 Å². The first kappa shape index (κ1) is 11.5. The molecule has 2 aliphatic rings. The Kier molecular flexibility index (Phi) is 2.73. The predicted molar refractivity (Wildman–Crippen MR) is 66.0 cm³/mol. The van der Waals surface area contributed by atoms with Crippen LogP contribution in [0.15, 0.2) is 18.2 Å². The van der Waals surface area contributed by atoms with E-state index >= 15 is 0 Å². The standard InChI is InChI=1S/C14H16FNO2/c1-18-14(17)13(10-2-3-10)16-7-6-9-4-5-11(15)8-12(9)16/h4-5,8,10,13H,2-3,6-7H2,1H3. The van der Waals surface area contributed by atoms with Crippen molar-refractivity contribution < 1.29 is 13.9 Å². The van der Waals surface area contributed by atoms with Crippen molar-refractivity contribution in [2.24, 2.45) is 5.92 Å². The van der Waals surface area contributed by atoms with Crippen LogP contribution in [-0.4, -0.2) is 25.7 Å². The number of carbonyl (C=O) groups excluding carboxylic acids is 1. The summed E-state index contributed by atoms with van der Waals surface area (Å²) in [5.74, 6) is -0.0821. The van der Waals surface area contributed by atoms with Crippen molar-refractivity contribution in [3.63, 3.8) is 0 Å². The van der Waals surface area contributed by atoms with Crippen LogP contribution in [0, 0.1) is 11.7 Å². The highest BCUT2D eigenvalue weighted by Crippen LogP contribution is 2.40. The van der Waals surface area contributed by atoms with E-state index in [9.17, 15) is 9.18 Å². The van der Waals surface area contributed by atoms with E-state index < -0.39 is 0 Å². The average molecular weight is 249 g/mol. The molecule has 18 heavy (non-hydrogen) atoms. The van der Waals surface area contributed by atoms with Gasteiger partial charge >= 0.3 is 5.97 Å². The minimum atomic E-state index is -0.250. The van der Waals surface area contributed by atoms with Crippen LogP contribution in [0.3, 0.4) is 0 Å². The first-order valence-electron chi connectivity index (χ1n) is 6.33. The third kappa shape index (κ3) is 1.85. The lowest BCUT2D eigenvalue weighted by Gasteiger charge is -2.28. The molecule has 1 aromatic rings. The summed E-state index contributed by atoms with van der Waals surface area (Å²) in [4.78, 5) is 13.9. The van der Waals surface area contributed by atoms with Crippen LogP contribution >= 0.6 is 0 Å². The summed E-state index contributed by atoms with van der Waals surface area (Å²) >= 11 is 0. The zero-order chi connectivity index (χ0) is 12.7. The number of halogens is 1. The van der Waals surface area contributed by atoms with E-state index in [0.29, 0.717) is 5.92 Å². The summed E-state index contributed by atoms with van der Waals surface area (Å²) in [7, 11) is 1.42. The van der Waals surface area contributed by atoms with Gasteiger partial charge in [-0.2, -0.15) is 0 Å². The number of fused-ring (bicyclic) bond motifs is 1. The fraction of sp³-hybridized carbons (Fsp3) is 0.500. The first-order valence-corrected chi connectivity index (χ1v) is 6.33. The first-order chi connectivity index (χ1) is 8.70. The second kappa shape index (κ2) is 4.26. The summed E-state index contributed by atoms with van der Waals surface area (Å²) in [6, 6.07) is 4.58. The lowest BCUT2D eigenvalue weighted by atomic mass is 10.1. The van der Waals surface area contributed by atoms with Crippen LogP contribution in [0.25, 0.3) is 0 Å². The zero-order valence-corrected chi connectivity index (χ0v) is 10.4. The SMILES string of the molecule is COC(=O)C(C1CC1)N1CCc2ccc(F)cc21. The van der Waals surface area contributed by atoms with Crippen molar-refractivity contribution in [2.75, 3.05) is 18.6 Å². The Bertz CT molecular complexity index is 485. The Balaban J connectivity index is 1.93. The molecule has 1 unspecified atom stereocenters. The largest absolute Gasteiger partial charge is 0.467 e. The molecule has 1 aliphatic heterocycles. The van der Waals surface area contributed by atoms with Gasteiger partial charge < -0.3 is 9.64 Å². The summed E-state index contributed by atoms with van der Waals surface area (Å²) in [5.41, 5.74) is 1.98. The maximum atomic E-state index is 13.4. The van der Waals surface area contributed by atoms with Crippen molar-refractivity contribution in [1.82, 2.24) is 0 Å². The topological polar surface area (TPSA) is 29.5 Å². The third-order valence-electron chi connectivity index (χ3n) is 3.83. The quantitative estimate of drug-likeness (QED) is 0.769. The number of methoxy groups -OCH3 is 1. The van der Waals surface area contributed by atoms with Crippen LogP contribution in [0.1, 0.15) is 18.4 Å². The fourth-order valence-electron chi connectivity index (χ4n) is 2.77. The minimum Gasteiger partial charge on any atom is -0.467 e. The number of hydrogen-bond acceptors (Lipinski definition) is 3. The van der Waals surface area contributed by atoms with Gasteiger partial charge in [-0.1, -0.05) is 6.07 Å². The van der Waals surface area contributed by atoms with Crippen molar-refractivity contribution in [1.29, 1.82) is 0 Å². The lowest BCUT2D eigenvalue weighted by molar-refractivity contribution is -0.142. The van der Waals surface area contributed by atoms with Gasteiger partial charge in [-0.3, -0.25) is 0 Å². The Morgan fingerprint density at radius 3 is 2.94 bits per heavy atom. The van der Waals surface area contributed by atoms with E-state index in [-0.39, 0.29) is 17.8 Å². The lowest BCUT2D eigenvalue weighted by Crippen LogP contribution is -2.42. The average Bonchev–Trinajstić information content (AvgIpc) is 3.12. The third-order valence-corrected chi connectivity index (χ3v) is 3.83. The molecule has 3 nitrogen and oxygen atoms in total. The Hall–Kier alpha value is -1.58. The van der Waals surface area contributed by atoms with Gasteiger partial charge in [0.2, 0.25) is 0 Å². The van der Waals surface area contributed by atoms with Gasteiger partial charge in [0.1, 0.15) is 11.9 Å². The number of ether oxygens (including phenoxy) is 1. The number of nitrogens with zero attached hydrogens (tertiary/aromatic N) is 1. The summed E-state index contributed by atoms with van der Waals surface area (Å²) in [5, 5.41) is 0. The summed E-state index contributed by atoms with van der Waals surface area (Å²) < 4.78 is 18.3. The van der Waals surface area contributed by atoms with Gasteiger partial charge in [-0.25, -0.2) is 9.18 Å². The minimum absolute atomic E-state index is 0.199. The van der Waals surface area contributed by atoms with E-state index in [1.165, 1.54) is 19.2 Å². The number of rotatable bonds is 3. The van der Waals surface area contributed by atoms with Gasteiger partial charge in [0.05, 0.1) is 7.11 Å². The maximum Gasteiger partial charge on any atom is 0.328 e. The molecule has 4 heteroatoms. The highest BCUT2D eigenvalue weighted by Gasteiger charge is 2.43. The molecule has 0 saturated heterocycles. The van der Waals surface area contributed by atoms with Gasteiger partial charge in [0.25, 0.3) is 0 Å². The molecule has 0 amide bonds. The number of carbonyl (C=O) groups is 1. The molecular weight excluding hydrogens is 233 g/mol. The van der Waals surface area contributed by atoms with E-state index in [2.05, 4.69) is 0 Å². The van der Waals surface area contributed by atoms with Crippen molar-refractivity contribution in [3.05, 3.63) is 29.6 Å². The highest BCUT2D eigenvalue weighted by atomic mass is 19.1. The Morgan fingerprint density at radius 2 is 2.28 bits per heavy atom. The molecule has 1 atom stereocenters. The van der Waals surface area contributed by atoms with Gasteiger partial charge in [0.15, 0.2) is 0 Å².